The molecule has 2 aromatic carbocycles. The summed E-state index contributed by atoms with van der Waals surface area (Å²) in [5, 5.41) is 13.4. The molecule has 1 aromatic heterocycles. The third-order valence-electron chi connectivity index (χ3n) is 4.07. The lowest BCUT2D eigenvalue weighted by molar-refractivity contribution is -0.121. The lowest BCUT2D eigenvalue weighted by Gasteiger charge is -2.10. The summed E-state index contributed by atoms with van der Waals surface area (Å²) in [5.41, 5.74) is 4.02. The van der Waals surface area contributed by atoms with Crippen LogP contribution in [0.15, 0.2) is 54.7 Å². The van der Waals surface area contributed by atoms with Gasteiger partial charge in [0.15, 0.2) is 0 Å². The average Bonchev–Trinajstić information content (AvgIpc) is 2.89. The smallest absolute Gasteiger partial charge is 0.240 e. The number of fused-ring (bicyclic) bond motifs is 1. The number of benzene rings is 2. The minimum absolute atomic E-state index is 0.0204. The zero-order chi connectivity index (χ0) is 16.2. The Kier molecular flexibility index (Phi) is 4.44. The molecular weight excluding hydrogens is 288 g/mol. The molecule has 118 valence electrons. The predicted octanol–water partition coefficient (Wildman–Crippen LogP) is 2.76. The van der Waals surface area contributed by atoms with Crippen molar-refractivity contribution in [2.24, 2.45) is 0 Å². The summed E-state index contributed by atoms with van der Waals surface area (Å²) < 4.78 is 1.97. The van der Waals surface area contributed by atoms with E-state index in [1.807, 2.05) is 60.2 Å². The number of aliphatic hydroxyl groups excluding tert-OH is 1. The van der Waals surface area contributed by atoms with Crippen molar-refractivity contribution in [3.8, 4) is 0 Å². The molecule has 23 heavy (non-hydrogen) atoms. The van der Waals surface area contributed by atoms with E-state index in [0.29, 0.717) is 6.54 Å². The van der Waals surface area contributed by atoms with E-state index in [-0.39, 0.29) is 19.1 Å². The fourth-order valence-corrected chi connectivity index (χ4v) is 2.85. The van der Waals surface area contributed by atoms with E-state index in [1.54, 1.807) is 0 Å². The number of carbonyl (C=O) groups excluding carboxylic acids is 1. The van der Waals surface area contributed by atoms with Crippen LogP contribution in [0.25, 0.3) is 10.9 Å². The Labute approximate surface area is 135 Å². The molecule has 0 spiro atoms. The quantitative estimate of drug-likeness (QED) is 0.761. The number of aryl methyl sites for hydroxylation is 1. The van der Waals surface area contributed by atoms with Crippen LogP contribution in [-0.4, -0.2) is 15.6 Å². The van der Waals surface area contributed by atoms with Gasteiger partial charge in [0.25, 0.3) is 0 Å². The molecule has 4 nitrogen and oxygen atoms in total. The van der Waals surface area contributed by atoms with Gasteiger partial charge < -0.3 is 15.0 Å². The zero-order valence-corrected chi connectivity index (χ0v) is 13.1. The van der Waals surface area contributed by atoms with Crippen LogP contribution in [0.3, 0.4) is 0 Å². The minimum atomic E-state index is -0.0431. The van der Waals surface area contributed by atoms with E-state index in [2.05, 4.69) is 11.4 Å². The van der Waals surface area contributed by atoms with Crippen molar-refractivity contribution in [2.45, 2.75) is 26.6 Å². The number of hydrogen-bond acceptors (Lipinski definition) is 2. The third kappa shape index (κ3) is 3.27. The van der Waals surface area contributed by atoms with E-state index < -0.39 is 0 Å². The second kappa shape index (κ2) is 6.67. The van der Waals surface area contributed by atoms with Crippen molar-refractivity contribution in [2.75, 3.05) is 0 Å². The molecule has 0 aliphatic rings. The Morgan fingerprint density at radius 3 is 2.57 bits per heavy atom. The Morgan fingerprint density at radius 1 is 1.09 bits per heavy atom. The lowest BCUT2D eigenvalue weighted by Crippen LogP contribution is -2.27. The highest BCUT2D eigenvalue weighted by Gasteiger charge is 2.09. The molecule has 0 aliphatic heterocycles. The maximum atomic E-state index is 12.2. The standard InChI is InChI=1S/C19H20N2O2/c1-14-11-21(18-9-5-4-8-17(14)18)12-19(23)20-10-15-6-2-3-7-16(15)13-22/h2-9,11,22H,10,12-13H2,1H3,(H,20,23). The SMILES string of the molecule is Cc1cn(CC(=O)NCc2ccccc2CO)c2ccccc12. The van der Waals surface area contributed by atoms with Gasteiger partial charge in [-0.05, 0) is 29.7 Å². The number of para-hydroxylation sites is 1. The van der Waals surface area contributed by atoms with Crippen molar-refractivity contribution in [1.82, 2.24) is 9.88 Å². The molecule has 4 heteroatoms. The highest BCUT2D eigenvalue weighted by Crippen LogP contribution is 2.20. The first kappa shape index (κ1) is 15.3. The van der Waals surface area contributed by atoms with Crippen LogP contribution in [0.5, 0.6) is 0 Å². The van der Waals surface area contributed by atoms with Crippen LogP contribution in [0.4, 0.5) is 0 Å². The molecule has 0 saturated heterocycles. The third-order valence-corrected chi connectivity index (χ3v) is 4.07. The fourth-order valence-electron chi connectivity index (χ4n) is 2.85. The Bertz CT molecular complexity index is 836. The second-order valence-corrected chi connectivity index (χ2v) is 5.66. The maximum Gasteiger partial charge on any atom is 0.240 e. The number of nitrogens with zero attached hydrogens (tertiary/aromatic N) is 1. The van der Waals surface area contributed by atoms with Crippen molar-refractivity contribution < 1.29 is 9.90 Å². The number of aromatic nitrogens is 1. The van der Waals surface area contributed by atoms with Crippen LogP contribution in [-0.2, 0) is 24.5 Å². The van der Waals surface area contributed by atoms with Gasteiger partial charge in [-0.2, -0.15) is 0 Å². The number of nitrogens with one attached hydrogen (secondary N) is 1. The van der Waals surface area contributed by atoms with Crippen LogP contribution in [0.2, 0.25) is 0 Å². The number of carbonyl (C=O) groups is 1. The molecule has 2 N–H and O–H groups in total. The van der Waals surface area contributed by atoms with Crippen LogP contribution >= 0.6 is 0 Å². The van der Waals surface area contributed by atoms with E-state index in [9.17, 15) is 9.90 Å². The van der Waals surface area contributed by atoms with Crippen LogP contribution < -0.4 is 5.32 Å². The largest absolute Gasteiger partial charge is 0.392 e. The first-order valence-electron chi connectivity index (χ1n) is 7.68. The molecule has 0 bridgehead atoms. The number of rotatable bonds is 5. The van der Waals surface area contributed by atoms with Gasteiger partial charge in [0.05, 0.1) is 6.61 Å². The second-order valence-electron chi connectivity index (χ2n) is 5.66. The summed E-state index contributed by atoms with van der Waals surface area (Å²) in [6, 6.07) is 15.6. The topological polar surface area (TPSA) is 54.3 Å². The number of aliphatic hydroxyl groups is 1. The van der Waals surface area contributed by atoms with Gasteiger partial charge in [0, 0.05) is 23.6 Å². The molecule has 3 aromatic rings. The van der Waals surface area contributed by atoms with Gasteiger partial charge in [-0.15, -0.1) is 0 Å². The first-order valence-corrected chi connectivity index (χ1v) is 7.68. The van der Waals surface area contributed by atoms with Crippen LogP contribution in [0, 0.1) is 6.92 Å². The number of amides is 1. The average molecular weight is 308 g/mol. The molecule has 0 aliphatic carbocycles. The molecule has 1 amide bonds. The Hall–Kier alpha value is -2.59. The molecule has 1 heterocycles. The van der Waals surface area contributed by atoms with Crippen molar-refractivity contribution in [3.05, 3.63) is 71.4 Å². The minimum Gasteiger partial charge on any atom is -0.392 e. The summed E-state index contributed by atoms with van der Waals surface area (Å²) in [5.74, 6) is -0.0431. The van der Waals surface area contributed by atoms with Gasteiger partial charge in [0.1, 0.15) is 6.54 Å². The van der Waals surface area contributed by atoms with E-state index >= 15 is 0 Å². The summed E-state index contributed by atoms with van der Waals surface area (Å²) in [7, 11) is 0. The van der Waals surface area contributed by atoms with Crippen molar-refractivity contribution in [3.63, 3.8) is 0 Å². The fraction of sp³-hybridized carbons (Fsp3) is 0.211. The molecule has 3 rings (SSSR count). The summed E-state index contributed by atoms with van der Waals surface area (Å²) in [6.45, 7) is 2.74. The van der Waals surface area contributed by atoms with Crippen molar-refractivity contribution in [1.29, 1.82) is 0 Å². The van der Waals surface area contributed by atoms with Gasteiger partial charge in [-0.1, -0.05) is 42.5 Å². The van der Waals surface area contributed by atoms with Gasteiger partial charge in [0.2, 0.25) is 5.91 Å². The summed E-state index contributed by atoms with van der Waals surface area (Å²) in [4.78, 5) is 12.2. The highest BCUT2D eigenvalue weighted by atomic mass is 16.3. The first-order chi connectivity index (χ1) is 11.2. The molecule has 0 radical (unpaired) electrons. The maximum absolute atomic E-state index is 12.2. The van der Waals surface area contributed by atoms with Gasteiger partial charge in [-0.3, -0.25) is 4.79 Å². The normalized spacial score (nSPS) is 10.9. The zero-order valence-electron chi connectivity index (χ0n) is 13.1. The highest BCUT2D eigenvalue weighted by molar-refractivity contribution is 5.85. The van der Waals surface area contributed by atoms with Gasteiger partial charge >= 0.3 is 0 Å². The molecule has 0 atom stereocenters. The monoisotopic (exact) mass is 308 g/mol. The van der Waals surface area contributed by atoms with Crippen LogP contribution in [0.1, 0.15) is 16.7 Å². The van der Waals surface area contributed by atoms with E-state index in [4.69, 9.17) is 0 Å². The Morgan fingerprint density at radius 2 is 1.78 bits per heavy atom. The summed E-state index contributed by atoms with van der Waals surface area (Å²) >= 11 is 0. The van der Waals surface area contributed by atoms with Gasteiger partial charge in [-0.25, -0.2) is 0 Å². The molecular formula is C19H20N2O2. The molecule has 0 fully saturated rings. The Balaban J connectivity index is 1.69. The predicted molar refractivity (Wildman–Crippen MR) is 90.9 cm³/mol. The molecule has 0 saturated carbocycles. The lowest BCUT2D eigenvalue weighted by atomic mass is 10.1. The van der Waals surface area contributed by atoms with Crippen molar-refractivity contribution >= 4 is 16.8 Å². The van der Waals surface area contributed by atoms with E-state index in [0.717, 1.165) is 16.6 Å². The number of hydrogen-bond donors (Lipinski definition) is 2. The van der Waals surface area contributed by atoms with E-state index in [1.165, 1.54) is 10.9 Å². The molecule has 0 unspecified atom stereocenters. The summed E-state index contributed by atoms with van der Waals surface area (Å²) in [6.07, 6.45) is 2.01.